The van der Waals surface area contributed by atoms with E-state index in [0.29, 0.717) is 13.2 Å². The summed E-state index contributed by atoms with van der Waals surface area (Å²) in [5.41, 5.74) is 3.71. The molecule has 4 rings (SSSR count). The molecular formula is C18H21N3O2S. The van der Waals surface area contributed by atoms with Gasteiger partial charge in [-0.1, -0.05) is 0 Å². The number of aryl methyl sites for hydroxylation is 1. The summed E-state index contributed by atoms with van der Waals surface area (Å²) in [7, 11) is 0. The van der Waals surface area contributed by atoms with Crippen LogP contribution in [0.1, 0.15) is 29.1 Å². The highest BCUT2D eigenvalue weighted by Crippen LogP contribution is 2.20. The molecule has 0 unspecified atom stereocenters. The van der Waals surface area contributed by atoms with Crippen LogP contribution in [-0.2, 0) is 37.6 Å². The maximum Gasteiger partial charge on any atom is 0.129 e. The average molecular weight is 343 g/mol. The zero-order valence-corrected chi connectivity index (χ0v) is 14.4. The summed E-state index contributed by atoms with van der Waals surface area (Å²) in [5, 5.41) is 4.38. The summed E-state index contributed by atoms with van der Waals surface area (Å²) < 4.78 is 13.4. The molecular weight excluding hydrogens is 322 g/mol. The van der Waals surface area contributed by atoms with Crippen molar-refractivity contribution < 1.29 is 9.15 Å². The first-order valence-electron chi connectivity index (χ1n) is 8.25. The second-order valence-corrected chi connectivity index (χ2v) is 6.88. The first-order chi connectivity index (χ1) is 11.9. The first-order valence-corrected chi connectivity index (χ1v) is 9.19. The highest BCUT2D eigenvalue weighted by molar-refractivity contribution is 7.07. The van der Waals surface area contributed by atoms with Crippen molar-refractivity contribution in [3.63, 3.8) is 0 Å². The maximum absolute atomic E-state index is 5.78. The third kappa shape index (κ3) is 3.61. The van der Waals surface area contributed by atoms with Crippen molar-refractivity contribution in [2.24, 2.45) is 0 Å². The van der Waals surface area contributed by atoms with E-state index in [1.807, 2.05) is 18.5 Å². The highest BCUT2D eigenvalue weighted by Gasteiger charge is 2.19. The molecule has 4 heterocycles. The lowest BCUT2D eigenvalue weighted by Gasteiger charge is -2.19. The number of ether oxygens (including phenoxy) is 1. The largest absolute Gasteiger partial charge is 0.467 e. The lowest BCUT2D eigenvalue weighted by atomic mass is 10.2. The van der Waals surface area contributed by atoms with Gasteiger partial charge in [-0.2, -0.15) is 11.3 Å². The molecule has 0 atom stereocenters. The number of imidazole rings is 1. The predicted molar refractivity (Wildman–Crippen MR) is 92.5 cm³/mol. The Balaban J connectivity index is 1.41. The molecule has 3 aromatic heterocycles. The minimum atomic E-state index is 0.484. The Kier molecular flexibility index (Phi) is 4.78. The predicted octanol–water partition coefficient (Wildman–Crippen LogP) is 3.66. The van der Waals surface area contributed by atoms with Crippen LogP contribution < -0.4 is 0 Å². The molecule has 1 aliphatic heterocycles. The van der Waals surface area contributed by atoms with E-state index in [-0.39, 0.29) is 0 Å². The summed E-state index contributed by atoms with van der Waals surface area (Å²) in [4.78, 5) is 7.07. The number of nitrogens with zero attached hydrogens (tertiary/aromatic N) is 3. The van der Waals surface area contributed by atoms with Crippen molar-refractivity contribution in [3.05, 3.63) is 64.3 Å². The van der Waals surface area contributed by atoms with Crippen molar-refractivity contribution in [1.29, 1.82) is 0 Å². The van der Waals surface area contributed by atoms with Crippen molar-refractivity contribution in [2.75, 3.05) is 6.54 Å². The fourth-order valence-electron chi connectivity index (χ4n) is 3.12. The van der Waals surface area contributed by atoms with Gasteiger partial charge in [-0.05, 0) is 40.9 Å². The highest BCUT2D eigenvalue weighted by atomic mass is 32.1. The minimum Gasteiger partial charge on any atom is -0.467 e. The van der Waals surface area contributed by atoms with Gasteiger partial charge in [0.15, 0.2) is 0 Å². The summed E-state index contributed by atoms with van der Waals surface area (Å²) in [5.74, 6) is 0.847. The average Bonchev–Trinajstić information content (AvgIpc) is 3.31. The molecule has 0 fully saturated rings. The molecule has 0 aliphatic carbocycles. The molecule has 0 bridgehead atoms. The van der Waals surface area contributed by atoms with Crippen molar-refractivity contribution in [2.45, 2.75) is 39.3 Å². The third-order valence-corrected chi connectivity index (χ3v) is 5.06. The van der Waals surface area contributed by atoms with Gasteiger partial charge >= 0.3 is 0 Å². The maximum atomic E-state index is 5.78. The van der Waals surface area contributed by atoms with E-state index in [2.05, 4.69) is 31.3 Å². The SMILES string of the molecule is c1coc(COCc2ncn3c2CN(Cc2ccsc2)CCC3)c1. The molecule has 3 aromatic rings. The quantitative estimate of drug-likeness (QED) is 0.685. The van der Waals surface area contributed by atoms with E-state index in [4.69, 9.17) is 9.15 Å². The molecule has 0 saturated carbocycles. The van der Waals surface area contributed by atoms with Crippen LogP contribution in [0, 0.1) is 0 Å². The number of hydrogen-bond donors (Lipinski definition) is 0. The van der Waals surface area contributed by atoms with Crippen molar-refractivity contribution in [1.82, 2.24) is 14.5 Å². The van der Waals surface area contributed by atoms with Gasteiger partial charge in [0.05, 0.1) is 30.6 Å². The van der Waals surface area contributed by atoms with Crippen LogP contribution in [-0.4, -0.2) is 21.0 Å². The number of fused-ring (bicyclic) bond motifs is 1. The normalized spacial score (nSPS) is 15.3. The first kappa shape index (κ1) is 15.6. The zero-order chi connectivity index (χ0) is 16.2. The van der Waals surface area contributed by atoms with Gasteiger partial charge < -0.3 is 13.7 Å². The summed E-state index contributed by atoms with van der Waals surface area (Å²) in [6, 6.07) is 6.01. The van der Waals surface area contributed by atoms with E-state index in [1.165, 1.54) is 11.3 Å². The number of rotatable bonds is 6. The van der Waals surface area contributed by atoms with E-state index >= 15 is 0 Å². The monoisotopic (exact) mass is 343 g/mol. The lowest BCUT2D eigenvalue weighted by Crippen LogP contribution is -2.23. The van der Waals surface area contributed by atoms with Crippen LogP contribution in [0.3, 0.4) is 0 Å². The van der Waals surface area contributed by atoms with E-state index in [1.54, 1.807) is 17.6 Å². The summed E-state index contributed by atoms with van der Waals surface area (Å²) >= 11 is 1.76. The minimum absolute atomic E-state index is 0.484. The number of thiophene rings is 1. The second kappa shape index (κ2) is 7.34. The van der Waals surface area contributed by atoms with Crippen LogP contribution >= 0.6 is 11.3 Å². The Morgan fingerprint density at radius 2 is 2.25 bits per heavy atom. The van der Waals surface area contributed by atoms with E-state index in [9.17, 15) is 0 Å². The van der Waals surface area contributed by atoms with Crippen molar-refractivity contribution in [3.8, 4) is 0 Å². The van der Waals surface area contributed by atoms with Gasteiger partial charge in [0.25, 0.3) is 0 Å². The Labute approximate surface area is 145 Å². The fraction of sp³-hybridized carbons (Fsp3) is 0.389. The molecule has 0 N–H and O–H groups in total. The van der Waals surface area contributed by atoms with Gasteiger partial charge in [0.1, 0.15) is 12.4 Å². The standard InChI is InChI=1S/C18H21N3O2S/c1-3-16(23-7-1)11-22-12-17-18-10-20(9-15-4-8-24-13-15)5-2-6-21(18)14-19-17/h1,3-4,7-8,13-14H,2,5-6,9-12H2. The lowest BCUT2D eigenvalue weighted by molar-refractivity contribution is 0.0897. The molecule has 0 spiro atoms. The summed E-state index contributed by atoms with van der Waals surface area (Å²) in [6.07, 6.45) is 4.78. The van der Waals surface area contributed by atoms with Crippen LogP contribution in [0.4, 0.5) is 0 Å². The molecule has 1 aliphatic rings. The topological polar surface area (TPSA) is 43.4 Å². The molecule has 0 aromatic carbocycles. The van der Waals surface area contributed by atoms with Gasteiger partial charge in [-0.25, -0.2) is 4.98 Å². The number of aromatic nitrogens is 2. The number of hydrogen-bond acceptors (Lipinski definition) is 5. The smallest absolute Gasteiger partial charge is 0.129 e. The van der Waals surface area contributed by atoms with Crippen LogP contribution in [0.5, 0.6) is 0 Å². The third-order valence-electron chi connectivity index (χ3n) is 4.33. The molecule has 0 radical (unpaired) electrons. The molecule has 6 heteroatoms. The van der Waals surface area contributed by atoms with Gasteiger partial charge in [-0.15, -0.1) is 0 Å². The van der Waals surface area contributed by atoms with Gasteiger partial charge in [0.2, 0.25) is 0 Å². The Bertz CT molecular complexity index is 749. The van der Waals surface area contributed by atoms with Crippen molar-refractivity contribution >= 4 is 11.3 Å². The Morgan fingerprint density at radius 1 is 1.25 bits per heavy atom. The van der Waals surface area contributed by atoms with Crippen LogP contribution in [0.2, 0.25) is 0 Å². The fourth-order valence-corrected chi connectivity index (χ4v) is 3.78. The Hall–Kier alpha value is -1.89. The van der Waals surface area contributed by atoms with E-state index in [0.717, 1.165) is 44.1 Å². The zero-order valence-electron chi connectivity index (χ0n) is 13.6. The molecule has 24 heavy (non-hydrogen) atoms. The second-order valence-electron chi connectivity index (χ2n) is 6.10. The van der Waals surface area contributed by atoms with Gasteiger partial charge in [0, 0.05) is 26.2 Å². The Morgan fingerprint density at radius 3 is 3.08 bits per heavy atom. The molecule has 5 nitrogen and oxygen atoms in total. The van der Waals surface area contributed by atoms with Gasteiger partial charge in [-0.3, -0.25) is 4.90 Å². The summed E-state index contributed by atoms with van der Waals surface area (Å²) in [6.45, 7) is 5.08. The number of furan rings is 1. The van der Waals surface area contributed by atoms with Crippen LogP contribution in [0.25, 0.3) is 0 Å². The van der Waals surface area contributed by atoms with Crippen LogP contribution in [0.15, 0.2) is 46.0 Å². The molecule has 0 amide bonds. The van der Waals surface area contributed by atoms with E-state index < -0.39 is 0 Å². The molecule has 126 valence electrons. The molecule has 0 saturated heterocycles.